The van der Waals surface area contributed by atoms with Crippen LogP contribution in [0.2, 0.25) is 0 Å². The lowest BCUT2D eigenvalue weighted by Gasteiger charge is -2.18. The number of nitrogens with one attached hydrogen (secondary N) is 1. The Labute approximate surface area is 109 Å². The third kappa shape index (κ3) is 3.75. The molecule has 1 aromatic heterocycles. The minimum Gasteiger partial charge on any atom is -0.308 e. The van der Waals surface area contributed by atoms with Crippen LogP contribution in [0, 0.1) is 0 Å². The van der Waals surface area contributed by atoms with Crippen LogP contribution < -0.4 is 5.32 Å². The number of aromatic nitrogens is 2. The van der Waals surface area contributed by atoms with Crippen LogP contribution in [0.15, 0.2) is 0 Å². The molecule has 0 spiro atoms. The molecule has 0 saturated heterocycles. The molecule has 0 fully saturated rings. The van der Waals surface area contributed by atoms with E-state index in [1.54, 1.807) is 11.3 Å². The molecule has 1 N–H and O–H groups in total. The quantitative estimate of drug-likeness (QED) is 0.807. The average Bonchev–Trinajstić information content (AvgIpc) is 2.80. The molecule has 0 aliphatic carbocycles. The maximum absolute atomic E-state index is 4.36. The Morgan fingerprint density at radius 2 is 1.94 bits per heavy atom. The zero-order valence-electron chi connectivity index (χ0n) is 11.7. The molecule has 0 saturated carbocycles. The van der Waals surface area contributed by atoms with Crippen molar-refractivity contribution in [2.75, 3.05) is 6.54 Å². The van der Waals surface area contributed by atoms with Crippen molar-refractivity contribution in [2.24, 2.45) is 0 Å². The molecule has 98 valence electrons. The Bertz CT molecular complexity index is 333. The van der Waals surface area contributed by atoms with Gasteiger partial charge in [0.05, 0.1) is 6.04 Å². The predicted octanol–water partition coefficient (Wildman–Crippen LogP) is 3.68. The Kier molecular flexibility index (Phi) is 5.53. The first-order chi connectivity index (χ1) is 8.05. The van der Waals surface area contributed by atoms with Crippen LogP contribution in [-0.4, -0.2) is 16.7 Å². The number of nitrogens with zero attached hydrogens (tertiary/aromatic N) is 2. The molecule has 1 rings (SSSR count). The van der Waals surface area contributed by atoms with E-state index in [2.05, 4.69) is 50.1 Å². The van der Waals surface area contributed by atoms with E-state index in [-0.39, 0.29) is 5.41 Å². The van der Waals surface area contributed by atoms with Gasteiger partial charge in [-0.25, -0.2) is 0 Å². The zero-order valence-corrected chi connectivity index (χ0v) is 12.5. The Morgan fingerprint density at radius 3 is 2.47 bits per heavy atom. The third-order valence-corrected chi connectivity index (χ3v) is 4.65. The molecule has 17 heavy (non-hydrogen) atoms. The summed E-state index contributed by atoms with van der Waals surface area (Å²) in [6.45, 7) is 12.1. The van der Waals surface area contributed by atoms with Crippen molar-refractivity contribution in [2.45, 2.75) is 65.3 Å². The first-order valence-electron chi connectivity index (χ1n) is 6.62. The summed E-state index contributed by atoms with van der Waals surface area (Å²) in [6.07, 6.45) is 3.32. The van der Waals surface area contributed by atoms with Crippen molar-refractivity contribution in [1.29, 1.82) is 0 Å². The van der Waals surface area contributed by atoms with Gasteiger partial charge < -0.3 is 5.32 Å². The van der Waals surface area contributed by atoms with E-state index < -0.39 is 0 Å². The van der Waals surface area contributed by atoms with E-state index in [1.165, 1.54) is 0 Å². The maximum atomic E-state index is 4.36. The second-order valence-corrected chi connectivity index (χ2v) is 6.11. The molecule has 0 radical (unpaired) electrons. The summed E-state index contributed by atoms with van der Waals surface area (Å²) in [5.74, 6) is 0. The van der Waals surface area contributed by atoms with Crippen molar-refractivity contribution in [1.82, 2.24) is 15.5 Å². The summed E-state index contributed by atoms with van der Waals surface area (Å²) >= 11 is 1.76. The predicted molar refractivity (Wildman–Crippen MR) is 74.6 cm³/mol. The van der Waals surface area contributed by atoms with Gasteiger partial charge in [-0.05, 0) is 25.8 Å². The van der Waals surface area contributed by atoms with Gasteiger partial charge in [-0.3, -0.25) is 0 Å². The standard InChI is InChI=1S/C13H25N3S/c1-6-9-14-10(7-2)11-15-16-12(17-11)13(4,5)8-3/h10,14H,6-9H2,1-5H3. The number of hydrogen-bond acceptors (Lipinski definition) is 4. The number of hydrogen-bond donors (Lipinski definition) is 1. The fourth-order valence-corrected chi connectivity index (χ4v) is 2.70. The van der Waals surface area contributed by atoms with Crippen LogP contribution in [0.4, 0.5) is 0 Å². The monoisotopic (exact) mass is 255 g/mol. The fourth-order valence-electron chi connectivity index (χ4n) is 1.52. The normalized spacial score (nSPS) is 13.9. The van der Waals surface area contributed by atoms with E-state index in [0.29, 0.717) is 6.04 Å². The van der Waals surface area contributed by atoms with E-state index in [4.69, 9.17) is 0 Å². The van der Waals surface area contributed by atoms with Crippen molar-refractivity contribution >= 4 is 11.3 Å². The first-order valence-corrected chi connectivity index (χ1v) is 7.44. The molecule has 0 aromatic carbocycles. The van der Waals surface area contributed by atoms with E-state index in [1.807, 2.05) is 0 Å². The topological polar surface area (TPSA) is 37.8 Å². The first kappa shape index (κ1) is 14.6. The molecule has 3 nitrogen and oxygen atoms in total. The van der Waals surface area contributed by atoms with Crippen molar-refractivity contribution in [3.05, 3.63) is 10.0 Å². The molecular weight excluding hydrogens is 230 g/mol. The summed E-state index contributed by atoms with van der Waals surface area (Å²) in [5, 5.41) is 14.5. The summed E-state index contributed by atoms with van der Waals surface area (Å²) < 4.78 is 0. The van der Waals surface area contributed by atoms with Crippen LogP contribution >= 0.6 is 11.3 Å². The third-order valence-electron chi connectivity index (χ3n) is 3.25. The van der Waals surface area contributed by atoms with E-state index >= 15 is 0 Å². The zero-order chi connectivity index (χ0) is 12.9. The van der Waals surface area contributed by atoms with Gasteiger partial charge >= 0.3 is 0 Å². The van der Waals surface area contributed by atoms with Crippen LogP contribution in [0.25, 0.3) is 0 Å². The second-order valence-electron chi connectivity index (χ2n) is 5.10. The maximum Gasteiger partial charge on any atom is 0.134 e. The highest BCUT2D eigenvalue weighted by molar-refractivity contribution is 7.11. The van der Waals surface area contributed by atoms with E-state index in [9.17, 15) is 0 Å². The van der Waals surface area contributed by atoms with Gasteiger partial charge in [0.25, 0.3) is 0 Å². The Hall–Kier alpha value is -0.480. The second kappa shape index (κ2) is 6.45. The summed E-state index contributed by atoms with van der Waals surface area (Å²) in [7, 11) is 0. The Balaban J connectivity index is 2.78. The summed E-state index contributed by atoms with van der Waals surface area (Å²) in [4.78, 5) is 0. The molecule has 0 amide bonds. The molecule has 0 aliphatic rings. The smallest absolute Gasteiger partial charge is 0.134 e. The highest BCUT2D eigenvalue weighted by Crippen LogP contribution is 2.31. The SMILES string of the molecule is CCCNC(CC)c1nnc(C(C)(C)CC)s1. The van der Waals surface area contributed by atoms with Crippen molar-refractivity contribution < 1.29 is 0 Å². The van der Waals surface area contributed by atoms with Crippen molar-refractivity contribution in [3.8, 4) is 0 Å². The fraction of sp³-hybridized carbons (Fsp3) is 0.846. The van der Waals surface area contributed by atoms with Gasteiger partial charge in [0, 0.05) is 5.41 Å². The minimum atomic E-state index is 0.152. The molecule has 1 unspecified atom stereocenters. The van der Waals surface area contributed by atoms with Gasteiger partial charge in [0.15, 0.2) is 0 Å². The summed E-state index contributed by atoms with van der Waals surface area (Å²) in [6, 6.07) is 0.369. The lowest BCUT2D eigenvalue weighted by molar-refractivity contribution is 0.494. The molecular formula is C13H25N3S. The van der Waals surface area contributed by atoms with Gasteiger partial charge in [-0.15, -0.1) is 10.2 Å². The molecule has 1 heterocycles. The van der Waals surface area contributed by atoms with Crippen molar-refractivity contribution in [3.63, 3.8) is 0 Å². The van der Waals surface area contributed by atoms with Gasteiger partial charge in [-0.1, -0.05) is 46.0 Å². The summed E-state index contributed by atoms with van der Waals surface area (Å²) in [5.41, 5.74) is 0.152. The molecule has 1 aromatic rings. The lowest BCUT2D eigenvalue weighted by atomic mass is 9.91. The molecule has 0 aliphatic heterocycles. The largest absolute Gasteiger partial charge is 0.308 e. The van der Waals surface area contributed by atoms with Crippen LogP contribution in [0.3, 0.4) is 0 Å². The van der Waals surface area contributed by atoms with Crippen LogP contribution in [0.1, 0.15) is 69.9 Å². The van der Waals surface area contributed by atoms with Crippen LogP contribution in [0.5, 0.6) is 0 Å². The van der Waals surface area contributed by atoms with Crippen LogP contribution in [-0.2, 0) is 5.41 Å². The Morgan fingerprint density at radius 1 is 1.24 bits per heavy atom. The highest BCUT2D eigenvalue weighted by atomic mass is 32.1. The van der Waals surface area contributed by atoms with Gasteiger partial charge in [-0.2, -0.15) is 0 Å². The van der Waals surface area contributed by atoms with Gasteiger partial charge in [0.2, 0.25) is 0 Å². The lowest BCUT2D eigenvalue weighted by Crippen LogP contribution is -2.21. The minimum absolute atomic E-state index is 0.152. The number of rotatable bonds is 7. The average molecular weight is 255 g/mol. The van der Waals surface area contributed by atoms with Gasteiger partial charge in [0.1, 0.15) is 10.0 Å². The molecule has 0 bridgehead atoms. The molecule has 1 atom stereocenters. The highest BCUT2D eigenvalue weighted by Gasteiger charge is 2.24. The van der Waals surface area contributed by atoms with E-state index in [0.717, 1.165) is 35.8 Å². The molecule has 4 heteroatoms.